The lowest BCUT2D eigenvalue weighted by molar-refractivity contribution is 0.0476. The lowest BCUT2D eigenvalue weighted by Gasteiger charge is -2.33. The van der Waals surface area contributed by atoms with Crippen LogP contribution in [-0.4, -0.2) is 48.3 Å². The highest BCUT2D eigenvalue weighted by molar-refractivity contribution is 5.68. The molecule has 0 aliphatic carbocycles. The van der Waals surface area contributed by atoms with Crippen molar-refractivity contribution < 1.29 is 9.53 Å². The molecule has 5 heteroatoms. The van der Waals surface area contributed by atoms with Crippen molar-refractivity contribution in [2.75, 3.05) is 19.6 Å². The van der Waals surface area contributed by atoms with Crippen LogP contribution in [0.4, 0.5) is 4.79 Å². The van der Waals surface area contributed by atoms with Gasteiger partial charge >= 0.3 is 6.09 Å². The van der Waals surface area contributed by atoms with Crippen molar-refractivity contribution in [2.24, 2.45) is 17.6 Å². The summed E-state index contributed by atoms with van der Waals surface area (Å²) in [4.78, 5) is 14.3. The Labute approximate surface area is 129 Å². The maximum atomic E-state index is 11.9. The number of hydrogen-bond acceptors (Lipinski definition) is 4. The summed E-state index contributed by atoms with van der Waals surface area (Å²) in [5.41, 5.74) is 5.47. The van der Waals surface area contributed by atoms with Crippen LogP contribution in [0.1, 0.15) is 48.0 Å². The topological polar surface area (TPSA) is 67.6 Å². The summed E-state index contributed by atoms with van der Waals surface area (Å²) >= 11 is 0. The molecule has 0 saturated carbocycles. The molecule has 1 heterocycles. The molecule has 1 fully saturated rings. The molecular formula is C16H33N3O2. The van der Waals surface area contributed by atoms with Crippen molar-refractivity contribution >= 4 is 6.09 Å². The van der Waals surface area contributed by atoms with Crippen molar-refractivity contribution in [1.82, 2.24) is 10.2 Å². The van der Waals surface area contributed by atoms with Gasteiger partial charge in [-0.2, -0.15) is 0 Å². The lowest BCUT2D eigenvalue weighted by atomic mass is 9.95. The van der Waals surface area contributed by atoms with Gasteiger partial charge in [0.05, 0.1) is 0 Å². The Kier molecular flexibility index (Phi) is 6.47. The van der Waals surface area contributed by atoms with Gasteiger partial charge in [0.2, 0.25) is 0 Å². The van der Waals surface area contributed by atoms with Gasteiger partial charge in [-0.15, -0.1) is 0 Å². The summed E-state index contributed by atoms with van der Waals surface area (Å²) in [6, 6.07) is 0.150. The van der Waals surface area contributed by atoms with Gasteiger partial charge in [0.25, 0.3) is 0 Å². The fraction of sp³-hybridized carbons (Fsp3) is 0.938. The molecule has 0 aromatic heterocycles. The van der Waals surface area contributed by atoms with Crippen molar-refractivity contribution in [1.29, 1.82) is 0 Å². The first kappa shape index (κ1) is 18.2. The average molecular weight is 299 g/mol. The smallest absolute Gasteiger partial charge is 0.407 e. The quantitative estimate of drug-likeness (QED) is 0.816. The van der Waals surface area contributed by atoms with E-state index in [0.29, 0.717) is 12.5 Å². The Hall–Kier alpha value is -0.810. The maximum Gasteiger partial charge on any atom is 0.407 e. The van der Waals surface area contributed by atoms with E-state index in [1.165, 1.54) is 6.42 Å². The Morgan fingerprint density at radius 3 is 2.43 bits per heavy atom. The van der Waals surface area contributed by atoms with Gasteiger partial charge in [0.1, 0.15) is 5.60 Å². The summed E-state index contributed by atoms with van der Waals surface area (Å²) in [7, 11) is 0. The summed E-state index contributed by atoms with van der Waals surface area (Å²) in [5.74, 6) is 1.43. The zero-order valence-corrected chi connectivity index (χ0v) is 14.5. The van der Waals surface area contributed by atoms with Gasteiger partial charge in [-0.1, -0.05) is 13.8 Å². The maximum absolute atomic E-state index is 11.9. The molecule has 0 radical (unpaired) electrons. The van der Waals surface area contributed by atoms with Crippen molar-refractivity contribution in [3.8, 4) is 0 Å². The van der Waals surface area contributed by atoms with Crippen LogP contribution in [0.5, 0.6) is 0 Å². The van der Waals surface area contributed by atoms with Gasteiger partial charge < -0.3 is 15.8 Å². The predicted molar refractivity (Wildman–Crippen MR) is 86.2 cm³/mol. The van der Waals surface area contributed by atoms with Crippen LogP contribution in [-0.2, 0) is 4.74 Å². The number of carbonyl (C=O) groups is 1. The largest absolute Gasteiger partial charge is 0.444 e. The molecule has 1 amide bonds. The second-order valence-corrected chi connectivity index (χ2v) is 7.53. The number of likely N-dealkylation sites (tertiary alicyclic amines) is 1. The first-order chi connectivity index (χ1) is 9.64. The molecule has 1 rings (SSSR count). The molecule has 3 unspecified atom stereocenters. The molecule has 0 aromatic rings. The van der Waals surface area contributed by atoms with E-state index in [9.17, 15) is 4.79 Å². The molecule has 0 aromatic carbocycles. The third-order valence-electron chi connectivity index (χ3n) is 4.23. The number of amides is 1. The fourth-order valence-corrected chi connectivity index (χ4v) is 2.92. The fourth-order valence-electron chi connectivity index (χ4n) is 2.92. The van der Waals surface area contributed by atoms with Crippen LogP contribution in [0.3, 0.4) is 0 Å². The first-order valence-electron chi connectivity index (χ1n) is 8.07. The van der Waals surface area contributed by atoms with Gasteiger partial charge in [0, 0.05) is 25.2 Å². The average Bonchev–Trinajstić information content (AvgIpc) is 2.76. The molecule has 5 nitrogen and oxygen atoms in total. The third-order valence-corrected chi connectivity index (χ3v) is 4.23. The minimum Gasteiger partial charge on any atom is -0.444 e. The molecule has 3 N–H and O–H groups in total. The molecule has 1 saturated heterocycles. The second kappa shape index (κ2) is 7.45. The van der Waals surface area contributed by atoms with Gasteiger partial charge in [-0.3, -0.25) is 4.90 Å². The normalized spacial score (nSPS) is 23.1. The van der Waals surface area contributed by atoms with E-state index < -0.39 is 5.60 Å². The summed E-state index contributed by atoms with van der Waals surface area (Å²) < 4.78 is 5.32. The monoisotopic (exact) mass is 299 g/mol. The van der Waals surface area contributed by atoms with Crippen molar-refractivity contribution in [3.05, 3.63) is 0 Å². The third kappa shape index (κ3) is 5.83. The summed E-state index contributed by atoms with van der Waals surface area (Å²) in [6.07, 6.45) is 0.848. The minimum atomic E-state index is -0.474. The van der Waals surface area contributed by atoms with E-state index in [2.05, 4.69) is 24.1 Å². The van der Waals surface area contributed by atoms with Gasteiger partial charge in [-0.25, -0.2) is 4.79 Å². The highest BCUT2D eigenvalue weighted by atomic mass is 16.6. The number of rotatable bonds is 5. The molecule has 0 bridgehead atoms. The van der Waals surface area contributed by atoms with E-state index in [-0.39, 0.29) is 18.2 Å². The van der Waals surface area contributed by atoms with Crippen molar-refractivity contribution in [2.45, 2.75) is 65.6 Å². The Balaban J connectivity index is 2.54. The van der Waals surface area contributed by atoms with Crippen LogP contribution in [0, 0.1) is 11.8 Å². The Morgan fingerprint density at radius 2 is 2.00 bits per heavy atom. The Bertz CT molecular complexity index is 339. The number of nitrogens with one attached hydrogen (secondary N) is 1. The Morgan fingerprint density at radius 1 is 1.38 bits per heavy atom. The SMILES string of the molecule is CC(C)C1CCN(C(CN)C(C)NC(=O)OC(C)(C)C)C1. The molecular weight excluding hydrogens is 266 g/mol. The first-order valence-corrected chi connectivity index (χ1v) is 8.07. The predicted octanol–water partition coefficient (Wildman–Crippen LogP) is 2.20. The minimum absolute atomic E-state index is 0.0178. The number of ether oxygens (including phenoxy) is 1. The number of nitrogens with two attached hydrogens (primary N) is 1. The van der Waals surface area contributed by atoms with Crippen LogP contribution < -0.4 is 11.1 Å². The van der Waals surface area contributed by atoms with Crippen LogP contribution >= 0.6 is 0 Å². The molecule has 3 atom stereocenters. The lowest BCUT2D eigenvalue weighted by Crippen LogP contribution is -2.53. The highest BCUT2D eigenvalue weighted by Gasteiger charge is 2.32. The zero-order valence-electron chi connectivity index (χ0n) is 14.5. The van der Waals surface area contributed by atoms with E-state index in [1.54, 1.807) is 0 Å². The highest BCUT2D eigenvalue weighted by Crippen LogP contribution is 2.25. The summed E-state index contributed by atoms with van der Waals surface area (Å²) in [6.45, 7) is 14.8. The molecule has 1 aliphatic rings. The van der Waals surface area contributed by atoms with Gasteiger partial charge in [0.15, 0.2) is 0 Å². The van der Waals surface area contributed by atoms with E-state index in [1.807, 2.05) is 27.7 Å². The van der Waals surface area contributed by atoms with E-state index in [4.69, 9.17) is 10.5 Å². The molecule has 21 heavy (non-hydrogen) atoms. The van der Waals surface area contributed by atoms with E-state index >= 15 is 0 Å². The molecule has 124 valence electrons. The van der Waals surface area contributed by atoms with Gasteiger partial charge in [-0.05, 0) is 52.5 Å². The second-order valence-electron chi connectivity index (χ2n) is 7.53. The van der Waals surface area contributed by atoms with Crippen LogP contribution in [0.2, 0.25) is 0 Å². The van der Waals surface area contributed by atoms with Crippen LogP contribution in [0.25, 0.3) is 0 Å². The number of carbonyl (C=O) groups excluding carboxylic acids is 1. The van der Waals surface area contributed by atoms with Crippen molar-refractivity contribution in [3.63, 3.8) is 0 Å². The number of hydrogen-bond donors (Lipinski definition) is 2. The number of nitrogens with zero attached hydrogens (tertiary/aromatic N) is 1. The summed E-state index contributed by atoms with van der Waals surface area (Å²) in [5, 5.41) is 2.93. The molecule has 0 spiro atoms. The molecule has 1 aliphatic heterocycles. The van der Waals surface area contributed by atoms with Crippen LogP contribution in [0.15, 0.2) is 0 Å². The standard InChI is InChI=1S/C16H33N3O2/c1-11(2)13-7-8-19(10-13)14(9-17)12(3)18-15(20)21-16(4,5)6/h11-14H,7-10,17H2,1-6H3,(H,18,20). The zero-order chi connectivity index (χ0) is 16.2. The van der Waals surface area contributed by atoms with E-state index in [0.717, 1.165) is 19.0 Å². The number of alkyl carbamates (subject to hydrolysis) is 1.